The molecular weight excluding hydrogens is 476 g/mol. The standard InChI is InChI=1S/C28H32N2O5S/c1-34-25-15-16-26(35-2)27(18-25)36(32,33)30-17-9-14-24(21-30)28(31)29(19-22-10-5-3-6-11-22)20-23-12-7-4-8-13-23/h3-8,10-13,15-16,18,24H,9,14,17,19-21H2,1-2H3/t24-/m1/s1. The molecule has 190 valence electrons. The second-order valence-corrected chi connectivity index (χ2v) is 10.8. The zero-order valence-corrected chi connectivity index (χ0v) is 21.5. The first kappa shape index (κ1) is 25.7. The molecule has 0 aromatic heterocycles. The Morgan fingerprint density at radius 3 is 2.08 bits per heavy atom. The van der Waals surface area contributed by atoms with Gasteiger partial charge in [-0.1, -0.05) is 60.7 Å². The number of carbonyl (C=O) groups excluding carboxylic acids is 1. The Hall–Kier alpha value is -3.36. The van der Waals surface area contributed by atoms with E-state index >= 15 is 0 Å². The summed E-state index contributed by atoms with van der Waals surface area (Å²) in [5.74, 6) is 0.202. The number of methoxy groups -OCH3 is 2. The van der Waals surface area contributed by atoms with Gasteiger partial charge in [-0.05, 0) is 36.1 Å². The molecule has 0 radical (unpaired) electrons. The summed E-state index contributed by atoms with van der Waals surface area (Å²) in [4.78, 5) is 15.7. The molecule has 0 unspecified atom stereocenters. The molecule has 3 aromatic rings. The van der Waals surface area contributed by atoms with Crippen LogP contribution in [0.1, 0.15) is 24.0 Å². The number of nitrogens with zero attached hydrogens (tertiary/aromatic N) is 2. The number of amides is 1. The number of hydrogen-bond donors (Lipinski definition) is 0. The smallest absolute Gasteiger partial charge is 0.246 e. The van der Waals surface area contributed by atoms with E-state index in [0.717, 1.165) is 11.1 Å². The SMILES string of the molecule is COc1ccc(OC)c(S(=O)(=O)N2CCC[C@@H](C(=O)N(Cc3ccccc3)Cc3ccccc3)C2)c1. The van der Waals surface area contributed by atoms with Gasteiger partial charge < -0.3 is 14.4 Å². The Morgan fingerprint density at radius 1 is 0.917 bits per heavy atom. The first-order chi connectivity index (χ1) is 17.4. The minimum atomic E-state index is -3.89. The molecule has 0 N–H and O–H groups in total. The van der Waals surface area contributed by atoms with E-state index in [2.05, 4.69) is 0 Å². The minimum Gasteiger partial charge on any atom is -0.497 e. The van der Waals surface area contributed by atoms with Gasteiger partial charge in [0, 0.05) is 32.2 Å². The van der Waals surface area contributed by atoms with Crippen LogP contribution in [0.2, 0.25) is 0 Å². The van der Waals surface area contributed by atoms with Gasteiger partial charge in [-0.15, -0.1) is 0 Å². The number of benzene rings is 3. The number of sulfonamides is 1. The maximum absolute atomic E-state index is 13.8. The maximum atomic E-state index is 13.8. The molecule has 4 rings (SSSR count). The second-order valence-electron chi connectivity index (χ2n) is 8.88. The Morgan fingerprint density at radius 2 is 1.53 bits per heavy atom. The average Bonchev–Trinajstić information content (AvgIpc) is 2.93. The van der Waals surface area contributed by atoms with Crippen molar-refractivity contribution in [3.8, 4) is 11.5 Å². The molecule has 1 amide bonds. The maximum Gasteiger partial charge on any atom is 0.246 e. The lowest BCUT2D eigenvalue weighted by molar-refractivity contribution is -0.138. The molecule has 0 spiro atoms. The lowest BCUT2D eigenvalue weighted by atomic mass is 9.97. The third kappa shape index (κ3) is 5.88. The summed E-state index contributed by atoms with van der Waals surface area (Å²) >= 11 is 0. The predicted molar refractivity (Wildman–Crippen MR) is 138 cm³/mol. The van der Waals surface area contributed by atoms with Crippen molar-refractivity contribution in [1.29, 1.82) is 0 Å². The van der Waals surface area contributed by atoms with Crippen molar-refractivity contribution in [2.45, 2.75) is 30.8 Å². The first-order valence-corrected chi connectivity index (χ1v) is 13.4. The third-order valence-electron chi connectivity index (χ3n) is 6.47. The van der Waals surface area contributed by atoms with E-state index in [1.807, 2.05) is 65.6 Å². The van der Waals surface area contributed by atoms with Gasteiger partial charge in [-0.3, -0.25) is 4.79 Å². The van der Waals surface area contributed by atoms with Gasteiger partial charge in [0.25, 0.3) is 0 Å². The van der Waals surface area contributed by atoms with E-state index in [-0.39, 0.29) is 23.1 Å². The van der Waals surface area contributed by atoms with Crippen molar-refractivity contribution in [3.05, 3.63) is 90.0 Å². The highest BCUT2D eigenvalue weighted by Gasteiger charge is 2.36. The molecule has 3 aromatic carbocycles. The largest absolute Gasteiger partial charge is 0.497 e. The number of rotatable bonds is 9. The fourth-order valence-corrected chi connectivity index (χ4v) is 6.26. The van der Waals surface area contributed by atoms with Crippen molar-refractivity contribution < 1.29 is 22.7 Å². The summed E-state index contributed by atoms with van der Waals surface area (Å²) in [5, 5.41) is 0. The van der Waals surface area contributed by atoms with E-state index in [9.17, 15) is 13.2 Å². The summed E-state index contributed by atoms with van der Waals surface area (Å²) in [7, 11) is -0.963. The second kappa shape index (κ2) is 11.6. The number of piperidine rings is 1. The van der Waals surface area contributed by atoms with Gasteiger partial charge >= 0.3 is 0 Å². The summed E-state index contributed by atoms with van der Waals surface area (Å²) in [6.07, 6.45) is 1.24. The van der Waals surface area contributed by atoms with E-state index < -0.39 is 15.9 Å². The van der Waals surface area contributed by atoms with Crippen LogP contribution in [0.3, 0.4) is 0 Å². The number of hydrogen-bond acceptors (Lipinski definition) is 5. The van der Waals surface area contributed by atoms with Crippen LogP contribution in [-0.4, -0.2) is 50.8 Å². The Labute approximate surface area is 213 Å². The van der Waals surface area contributed by atoms with Gasteiger partial charge in [0.1, 0.15) is 16.4 Å². The molecule has 0 bridgehead atoms. The summed E-state index contributed by atoms with van der Waals surface area (Å²) in [5.41, 5.74) is 2.06. The molecule has 0 saturated carbocycles. The lowest BCUT2D eigenvalue weighted by Gasteiger charge is -2.34. The van der Waals surface area contributed by atoms with Gasteiger partial charge in [0.15, 0.2) is 0 Å². The topological polar surface area (TPSA) is 76.1 Å². The molecule has 7 nitrogen and oxygen atoms in total. The van der Waals surface area contributed by atoms with Gasteiger partial charge in [0.2, 0.25) is 15.9 Å². The zero-order chi connectivity index (χ0) is 25.5. The highest BCUT2D eigenvalue weighted by molar-refractivity contribution is 7.89. The molecule has 1 saturated heterocycles. The van der Waals surface area contributed by atoms with Gasteiger partial charge in [-0.25, -0.2) is 8.42 Å². The van der Waals surface area contributed by atoms with Crippen LogP contribution in [0.5, 0.6) is 11.5 Å². The number of ether oxygens (including phenoxy) is 2. The first-order valence-electron chi connectivity index (χ1n) is 12.0. The van der Waals surface area contributed by atoms with Crippen LogP contribution in [0.4, 0.5) is 0 Å². The molecule has 36 heavy (non-hydrogen) atoms. The monoisotopic (exact) mass is 508 g/mol. The number of carbonyl (C=O) groups is 1. The fourth-order valence-electron chi connectivity index (χ4n) is 4.56. The lowest BCUT2D eigenvalue weighted by Crippen LogP contribution is -2.46. The Balaban J connectivity index is 1.58. The van der Waals surface area contributed by atoms with E-state index in [4.69, 9.17) is 9.47 Å². The molecular formula is C28H32N2O5S. The van der Waals surface area contributed by atoms with Crippen LogP contribution < -0.4 is 9.47 Å². The molecule has 1 fully saturated rings. The highest BCUT2D eigenvalue weighted by Crippen LogP contribution is 2.33. The molecule has 1 atom stereocenters. The third-order valence-corrected chi connectivity index (χ3v) is 8.35. The normalized spacial score (nSPS) is 16.3. The predicted octanol–water partition coefficient (Wildman–Crippen LogP) is 4.33. The van der Waals surface area contributed by atoms with Crippen LogP contribution >= 0.6 is 0 Å². The fraction of sp³-hybridized carbons (Fsp3) is 0.321. The Kier molecular flexibility index (Phi) is 8.28. The zero-order valence-electron chi connectivity index (χ0n) is 20.7. The van der Waals surface area contributed by atoms with Crippen LogP contribution in [0.15, 0.2) is 83.8 Å². The average molecular weight is 509 g/mol. The van der Waals surface area contributed by atoms with E-state index in [1.165, 1.54) is 24.6 Å². The van der Waals surface area contributed by atoms with Crippen molar-refractivity contribution in [1.82, 2.24) is 9.21 Å². The minimum absolute atomic E-state index is 0.0415. The Bertz CT molecular complexity index is 1220. The van der Waals surface area contributed by atoms with Crippen molar-refractivity contribution in [2.24, 2.45) is 5.92 Å². The van der Waals surface area contributed by atoms with E-state index in [0.29, 0.717) is 38.2 Å². The molecule has 8 heteroatoms. The molecule has 1 aliphatic heterocycles. The molecule has 1 heterocycles. The summed E-state index contributed by atoms with van der Waals surface area (Å²) < 4.78 is 39.2. The van der Waals surface area contributed by atoms with Crippen molar-refractivity contribution in [3.63, 3.8) is 0 Å². The highest BCUT2D eigenvalue weighted by atomic mass is 32.2. The van der Waals surface area contributed by atoms with Crippen LogP contribution in [0.25, 0.3) is 0 Å². The van der Waals surface area contributed by atoms with Crippen LogP contribution in [0, 0.1) is 5.92 Å². The quantitative estimate of drug-likeness (QED) is 0.430. The van der Waals surface area contributed by atoms with Crippen molar-refractivity contribution >= 4 is 15.9 Å². The summed E-state index contributed by atoms with van der Waals surface area (Å²) in [6, 6.07) is 24.4. The summed E-state index contributed by atoms with van der Waals surface area (Å²) in [6.45, 7) is 1.40. The van der Waals surface area contributed by atoms with Gasteiger partial charge in [-0.2, -0.15) is 4.31 Å². The molecule has 0 aliphatic carbocycles. The van der Waals surface area contributed by atoms with Crippen molar-refractivity contribution in [2.75, 3.05) is 27.3 Å². The van der Waals surface area contributed by atoms with Gasteiger partial charge in [0.05, 0.1) is 20.1 Å². The van der Waals surface area contributed by atoms with Crippen LogP contribution in [-0.2, 0) is 27.9 Å². The van der Waals surface area contributed by atoms with E-state index in [1.54, 1.807) is 12.1 Å². The molecule has 1 aliphatic rings.